The highest BCUT2D eigenvalue weighted by molar-refractivity contribution is 7.89. The highest BCUT2D eigenvalue weighted by Gasteiger charge is 2.44. The van der Waals surface area contributed by atoms with Gasteiger partial charge in [0.05, 0.1) is 23.1 Å². The lowest BCUT2D eigenvalue weighted by Crippen LogP contribution is -2.53. The van der Waals surface area contributed by atoms with E-state index in [0.29, 0.717) is 11.4 Å². The average Bonchev–Trinajstić information content (AvgIpc) is 2.86. The fourth-order valence-electron chi connectivity index (χ4n) is 3.25. The molecule has 2 fully saturated rings. The van der Waals surface area contributed by atoms with Gasteiger partial charge in [-0.15, -0.1) is 0 Å². The summed E-state index contributed by atoms with van der Waals surface area (Å²) in [5.74, 6) is 0. The summed E-state index contributed by atoms with van der Waals surface area (Å²) in [6.07, 6.45) is 2.95. The Morgan fingerprint density at radius 2 is 1.90 bits per heavy atom. The quantitative estimate of drug-likeness (QED) is 0.841. The standard InChI is InChI=1S/C15H21NO3S/c1-11-6-8-13(9-7-11)20(17,18)16-10-12(2)19-15-5-3-4-14(15)16/h6-9,12,14-15H,3-5,10H2,1-2H3/t12-,14+,15+/m1/s1. The second-order valence-electron chi connectivity index (χ2n) is 5.87. The molecule has 20 heavy (non-hydrogen) atoms. The molecule has 0 bridgehead atoms. The van der Waals surface area contributed by atoms with Crippen molar-refractivity contribution in [2.24, 2.45) is 0 Å². The molecule has 0 radical (unpaired) electrons. The molecule has 0 amide bonds. The summed E-state index contributed by atoms with van der Waals surface area (Å²) in [5, 5.41) is 0. The molecule has 5 heteroatoms. The normalized spacial score (nSPS) is 31.2. The molecule has 1 saturated carbocycles. The smallest absolute Gasteiger partial charge is 0.243 e. The van der Waals surface area contributed by atoms with E-state index in [2.05, 4.69) is 0 Å². The van der Waals surface area contributed by atoms with Crippen LogP contribution >= 0.6 is 0 Å². The molecule has 1 heterocycles. The predicted octanol–water partition coefficient (Wildman–Crippen LogP) is 2.33. The summed E-state index contributed by atoms with van der Waals surface area (Å²) in [6, 6.07) is 7.12. The lowest BCUT2D eigenvalue weighted by atomic mass is 10.1. The van der Waals surface area contributed by atoms with Gasteiger partial charge in [-0.1, -0.05) is 17.7 Å². The molecule has 1 aliphatic carbocycles. The fraction of sp³-hybridized carbons (Fsp3) is 0.600. The van der Waals surface area contributed by atoms with E-state index < -0.39 is 10.0 Å². The highest BCUT2D eigenvalue weighted by atomic mass is 32.2. The van der Waals surface area contributed by atoms with Crippen LogP contribution < -0.4 is 0 Å². The van der Waals surface area contributed by atoms with Crippen LogP contribution in [0.2, 0.25) is 0 Å². The molecule has 110 valence electrons. The van der Waals surface area contributed by atoms with Crippen molar-refractivity contribution >= 4 is 10.0 Å². The minimum atomic E-state index is -3.41. The maximum Gasteiger partial charge on any atom is 0.243 e. The summed E-state index contributed by atoms with van der Waals surface area (Å²) in [4.78, 5) is 0.392. The van der Waals surface area contributed by atoms with E-state index in [-0.39, 0.29) is 18.2 Å². The number of ether oxygens (including phenoxy) is 1. The Morgan fingerprint density at radius 1 is 1.20 bits per heavy atom. The minimum absolute atomic E-state index is 0.0116. The average molecular weight is 295 g/mol. The van der Waals surface area contributed by atoms with E-state index in [9.17, 15) is 8.42 Å². The van der Waals surface area contributed by atoms with Crippen molar-refractivity contribution in [2.75, 3.05) is 6.54 Å². The van der Waals surface area contributed by atoms with Crippen molar-refractivity contribution < 1.29 is 13.2 Å². The predicted molar refractivity (Wildman–Crippen MR) is 77.0 cm³/mol. The van der Waals surface area contributed by atoms with Gasteiger partial charge >= 0.3 is 0 Å². The lowest BCUT2D eigenvalue weighted by molar-refractivity contribution is -0.0728. The summed E-state index contributed by atoms with van der Waals surface area (Å²) >= 11 is 0. The van der Waals surface area contributed by atoms with Gasteiger partial charge in [-0.3, -0.25) is 0 Å². The topological polar surface area (TPSA) is 46.6 Å². The van der Waals surface area contributed by atoms with Crippen LogP contribution in [0.15, 0.2) is 29.2 Å². The van der Waals surface area contributed by atoms with Crippen LogP contribution in [-0.2, 0) is 14.8 Å². The van der Waals surface area contributed by atoms with Crippen LogP contribution in [0.1, 0.15) is 31.7 Å². The van der Waals surface area contributed by atoms with Crippen LogP contribution in [-0.4, -0.2) is 37.5 Å². The van der Waals surface area contributed by atoms with Gasteiger partial charge in [-0.2, -0.15) is 4.31 Å². The van der Waals surface area contributed by atoms with Crippen LogP contribution in [0.25, 0.3) is 0 Å². The Morgan fingerprint density at radius 3 is 2.60 bits per heavy atom. The third kappa shape index (κ3) is 2.38. The van der Waals surface area contributed by atoms with Crippen LogP contribution in [0.4, 0.5) is 0 Å². The number of sulfonamides is 1. The van der Waals surface area contributed by atoms with Gasteiger partial charge in [0.25, 0.3) is 0 Å². The Balaban J connectivity index is 1.95. The molecule has 1 aliphatic heterocycles. The second-order valence-corrected chi connectivity index (χ2v) is 7.76. The maximum atomic E-state index is 12.9. The number of benzene rings is 1. The monoisotopic (exact) mass is 295 g/mol. The Kier molecular flexibility index (Phi) is 3.60. The molecule has 2 aliphatic rings. The lowest BCUT2D eigenvalue weighted by Gasteiger charge is -2.39. The molecular weight excluding hydrogens is 274 g/mol. The maximum absolute atomic E-state index is 12.9. The second kappa shape index (κ2) is 5.13. The van der Waals surface area contributed by atoms with Crippen molar-refractivity contribution in [3.8, 4) is 0 Å². The molecule has 3 rings (SSSR count). The molecular formula is C15H21NO3S. The molecule has 0 aromatic heterocycles. The zero-order valence-electron chi connectivity index (χ0n) is 12.0. The van der Waals surface area contributed by atoms with Gasteiger partial charge in [-0.25, -0.2) is 8.42 Å². The van der Waals surface area contributed by atoms with Gasteiger partial charge in [0.2, 0.25) is 10.0 Å². The molecule has 3 atom stereocenters. The van der Waals surface area contributed by atoms with Crippen LogP contribution in [0, 0.1) is 6.92 Å². The number of aryl methyl sites for hydroxylation is 1. The first-order chi connectivity index (χ1) is 9.48. The SMILES string of the molecule is Cc1ccc(S(=O)(=O)N2C[C@@H](C)O[C@H]3CCC[C@@H]32)cc1. The number of rotatable bonds is 2. The van der Waals surface area contributed by atoms with Gasteiger partial charge in [0, 0.05) is 6.54 Å². The van der Waals surface area contributed by atoms with Crippen LogP contribution in [0.3, 0.4) is 0 Å². The summed E-state index contributed by atoms with van der Waals surface area (Å²) in [5.41, 5.74) is 1.07. The summed E-state index contributed by atoms with van der Waals surface area (Å²) < 4.78 is 33.3. The largest absolute Gasteiger partial charge is 0.372 e. The number of nitrogens with zero attached hydrogens (tertiary/aromatic N) is 1. The van der Waals surface area contributed by atoms with Crippen molar-refractivity contribution in [3.05, 3.63) is 29.8 Å². The highest BCUT2D eigenvalue weighted by Crippen LogP contribution is 2.35. The summed E-state index contributed by atoms with van der Waals surface area (Å²) in [7, 11) is -3.41. The number of morpholine rings is 1. The Hall–Kier alpha value is -0.910. The fourth-order valence-corrected chi connectivity index (χ4v) is 5.00. The molecule has 0 unspecified atom stereocenters. The first kappa shape index (κ1) is 14.0. The zero-order valence-corrected chi connectivity index (χ0v) is 12.8. The molecule has 0 N–H and O–H groups in total. The minimum Gasteiger partial charge on any atom is -0.372 e. The molecule has 1 aromatic rings. The third-order valence-corrected chi connectivity index (χ3v) is 6.16. The van der Waals surface area contributed by atoms with E-state index in [1.54, 1.807) is 16.4 Å². The third-order valence-electron chi connectivity index (χ3n) is 4.26. The van der Waals surface area contributed by atoms with E-state index in [0.717, 1.165) is 24.8 Å². The van der Waals surface area contributed by atoms with E-state index >= 15 is 0 Å². The van der Waals surface area contributed by atoms with Crippen molar-refractivity contribution in [2.45, 2.75) is 56.3 Å². The number of hydrogen-bond donors (Lipinski definition) is 0. The zero-order chi connectivity index (χ0) is 14.3. The van der Waals surface area contributed by atoms with E-state index in [1.165, 1.54) is 0 Å². The first-order valence-electron chi connectivity index (χ1n) is 7.22. The van der Waals surface area contributed by atoms with Gasteiger partial charge in [-0.05, 0) is 45.2 Å². The van der Waals surface area contributed by atoms with E-state index in [4.69, 9.17) is 4.74 Å². The Labute approximate surface area is 120 Å². The number of fused-ring (bicyclic) bond motifs is 1. The number of hydrogen-bond acceptors (Lipinski definition) is 3. The molecule has 0 spiro atoms. The van der Waals surface area contributed by atoms with E-state index in [1.807, 2.05) is 26.0 Å². The van der Waals surface area contributed by atoms with Crippen LogP contribution in [0.5, 0.6) is 0 Å². The molecule has 4 nitrogen and oxygen atoms in total. The Bertz CT molecular complexity index is 582. The molecule has 1 aromatic carbocycles. The van der Waals surface area contributed by atoms with Crippen molar-refractivity contribution in [1.82, 2.24) is 4.31 Å². The molecule has 1 saturated heterocycles. The van der Waals surface area contributed by atoms with Crippen molar-refractivity contribution in [3.63, 3.8) is 0 Å². The van der Waals surface area contributed by atoms with Gasteiger partial charge in [0.15, 0.2) is 0 Å². The first-order valence-corrected chi connectivity index (χ1v) is 8.66. The van der Waals surface area contributed by atoms with Crippen molar-refractivity contribution in [1.29, 1.82) is 0 Å². The summed E-state index contributed by atoms with van der Waals surface area (Å²) in [6.45, 7) is 4.36. The van der Waals surface area contributed by atoms with Gasteiger partial charge in [0.1, 0.15) is 0 Å². The van der Waals surface area contributed by atoms with Gasteiger partial charge < -0.3 is 4.74 Å².